The van der Waals surface area contributed by atoms with Gasteiger partial charge in [-0.1, -0.05) is 48.0 Å². The highest BCUT2D eigenvalue weighted by atomic mass is 35.5. The van der Waals surface area contributed by atoms with E-state index in [0.29, 0.717) is 22.2 Å². The molecule has 0 radical (unpaired) electrons. The molecule has 7 heteroatoms. The minimum atomic E-state index is -0.647. The van der Waals surface area contributed by atoms with Crippen LogP contribution in [0.1, 0.15) is 27.9 Å². The highest BCUT2D eigenvalue weighted by Gasteiger charge is 2.24. The number of halogens is 1. The van der Waals surface area contributed by atoms with Crippen molar-refractivity contribution < 1.29 is 13.9 Å². The maximum atomic E-state index is 12.9. The van der Waals surface area contributed by atoms with Gasteiger partial charge in [-0.05, 0) is 48.0 Å². The molecule has 1 heterocycles. The number of aromatic nitrogens is 2. The Labute approximate surface area is 178 Å². The molecule has 0 fully saturated rings. The summed E-state index contributed by atoms with van der Waals surface area (Å²) >= 11 is 6.03. The lowest BCUT2D eigenvalue weighted by molar-refractivity contribution is 0.0937. The van der Waals surface area contributed by atoms with E-state index in [0.717, 1.165) is 11.1 Å². The number of carbonyl (C=O) groups excluding carboxylic acids is 1. The Bertz CT molecular complexity index is 1140. The molecule has 0 saturated carbocycles. The van der Waals surface area contributed by atoms with Crippen molar-refractivity contribution in [2.75, 3.05) is 7.11 Å². The molecule has 1 amide bonds. The molecule has 0 aliphatic carbocycles. The zero-order chi connectivity index (χ0) is 20.9. The number of amides is 1. The number of benzene rings is 3. The highest BCUT2D eigenvalue weighted by Crippen LogP contribution is 2.26. The van der Waals surface area contributed by atoms with Crippen LogP contribution in [0.2, 0.25) is 5.02 Å². The maximum Gasteiger partial charge on any atom is 0.252 e. The number of carbonyl (C=O) groups is 1. The minimum Gasteiger partial charge on any atom is -0.497 e. The van der Waals surface area contributed by atoms with Gasteiger partial charge in [0.15, 0.2) is 0 Å². The fourth-order valence-corrected chi connectivity index (χ4v) is 3.10. The molecule has 1 aromatic heterocycles. The molecule has 30 heavy (non-hydrogen) atoms. The minimum absolute atomic E-state index is 0.271. The summed E-state index contributed by atoms with van der Waals surface area (Å²) in [6, 6.07) is 22.8. The van der Waals surface area contributed by atoms with Gasteiger partial charge in [0, 0.05) is 16.1 Å². The van der Waals surface area contributed by atoms with E-state index in [1.165, 1.54) is 0 Å². The molecule has 0 saturated heterocycles. The van der Waals surface area contributed by atoms with Crippen LogP contribution in [0.5, 0.6) is 5.75 Å². The lowest BCUT2D eigenvalue weighted by Gasteiger charge is -2.16. The monoisotopic (exact) mass is 419 g/mol. The van der Waals surface area contributed by atoms with Crippen LogP contribution in [0.4, 0.5) is 0 Å². The van der Waals surface area contributed by atoms with Crippen molar-refractivity contribution in [1.29, 1.82) is 0 Å². The number of ether oxygens (including phenoxy) is 1. The van der Waals surface area contributed by atoms with Crippen molar-refractivity contribution in [2.24, 2.45) is 0 Å². The molecule has 0 spiro atoms. The lowest BCUT2D eigenvalue weighted by Crippen LogP contribution is -2.29. The Morgan fingerprint density at radius 3 is 2.50 bits per heavy atom. The van der Waals surface area contributed by atoms with E-state index in [1.54, 1.807) is 43.5 Å². The van der Waals surface area contributed by atoms with E-state index in [1.807, 2.05) is 42.5 Å². The summed E-state index contributed by atoms with van der Waals surface area (Å²) in [5.41, 5.74) is 2.01. The number of hydrogen-bond donors (Lipinski definition) is 1. The lowest BCUT2D eigenvalue weighted by atomic mass is 10.1. The van der Waals surface area contributed by atoms with Crippen molar-refractivity contribution in [2.45, 2.75) is 6.04 Å². The molecule has 1 atom stereocenters. The largest absolute Gasteiger partial charge is 0.497 e. The van der Waals surface area contributed by atoms with Gasteiger partial charge in [-0.3, -0.25) is 4.79 Å². The summed E-state index contributed by atoms with van der Waals surface area (Å²) in [7, 11) is 1.55. The second-order valence-electron chi connectivity index (χ2n) is 6.50. The normalized spacial score (nSPS) is 11.7. The summed E-state index contributed by atoms with van der Waals surface area (Å²) < 4.78 is 11.1. The first-order valence-corrected chi connectivity index (χ1v) is 9.61. The molecule has 0 unspecified atom stereocenters. The van der Waals surface area contributed by atoms with Gasteiger partial charge in [0.1, 0.15) is 11.8 Å². The van der Waals surface area contributed by atoms with Gasteiger partial charge in [0.2, 0.25) is 11.8 Å². The third-order valence-corrected chi connectivity index (χ3v) is 4.77. The number of nitrogens with one attached hydrogen (secondary N) is 1. The zero-order valence-electron chi connectivity index (χ0n) is 16.1. The topological polar surface area (TPSA) is 77.2 Å². The van der Waals surface area contributed by atoms with E-state index in [9.17, 15) is 4.79 Å². The Balaban J connectivity index is 1.67. The van der Waals surface area contributed by atoms with Crippen LogP contribution in [0.25, 0.3) is 11.5 Å². The quantitative estimate of drug-likeness (QED) is 0.480. The van der Waals surface area contributed by atoms with Gasteiger partial charge in [0.25, 0.3) is 5.91 Å². The van der Waals surface area contributed by atoms with Gasteiger partial charge in [-0.15, -0.1) is 10.2 Å². The second-order valence-corrected chi connectivity index (χ2v) is 6.94. The number of hydrogen-bond acceptors (Lipinski definition) is 5. The van der Waals surface area contributed by atoms with Crippen LogP contribution in [-0.2, 0) is 0 Å². The number of rotatable bonds is 6. The predicted octanol–water partition coefficient (Wildman–Crippen LogP) is 4.92. The van der Waals surface area contributed by atoms with Gasteiger partial charge < -0.3 is 14.5 Å². The standard InChI is InChI=1S/C23H18ClN3O3/c1-29-19-9-5-8-17(14-19)21(28)25-20(15-10-12-18(24)13-11-15)23-27-26-22(30-23)16-6-3-2-4-7-16/h2-14,20H,1H3,(H,25,28)/t20-/m1/s1. The van der Waals surface area contributed by atoms with Crippen LogP contribution in [0, 0.1) is 0 Å². The van der Waals surface area contributed by atoms with E-state index in [4.69, 9.17) is 20.8 Å². The average molecular weight is 420 g/mol. The SMILES string of the molecule is COc1cccc(C(=O)N[C@H](c2ccc(Cl)cc2)c2nnc(-c3ccccc3)o2)c1. The van der Waals surface area contributed by atoms with Crippen LogP contribution in [0.15, 0.2) is 83.3 Å². The van der Waals surface area contributed by atoms with Crippen molar-refractivity contribution in [1.82, 2.24) is 15.5 Å². The Hall–Kier alpha value is -3.64. The fraction of sp³-hybridized carbons (Fsp3) is 0.0870. The first-order chi connectivity index (χ1) is 14.6. The second kappa shape index (κ2) is 8.80. The van der Waals surface area contributed by atoms with Crippen molar-refractivity contribution >= 4 is 17.5 Å². The molecule has 3 aromatic carbocycles. The van der Waals surface area contributed by atoms with Crippen LogP contribution in [0.3, 0.4) is 0 Å². The number of nitrogens with zero attached hydrogens (tertiary/aromatic N) is 2. The molecule has 6 nitrogen and oxygen atoms in total. The third kappa shape index (κ3) is 4.34. The summed E-state index contributed by atoms with van der Waals surface area (Å²) in [6.07, 6.45) is 0. The first-order valence-electron chi connectivity index (χ1n) is 9.23. The van der Waals surface area contributed by atoms with Crippen LogP contribution < -0.4 is 10.1 Å². The summed E-state index contributed by atoms with van der Waals surface area (Å²) in [6.45, 7) is 0. The molecular weight excluding hydrogens is 402 g/mol. The molecule has 150 valence electrons. The van der Waals surface area contributed by atoms with Gasteiger partial charge in [-0.25, -0.2) is 0 Å². The van der Waals surface area contributed by atoms with E-state index >= 15 is 0 Å². The Morgan fingerprint density at radius 1 is 1.00 bits per heavy atom. The zero-order valence-corrected chi connectivity index (χ0v) is 16.8. The molecule has 0 aliphatic heterocycles. The molecule has 1 N–H and O–H groups in total. The van der Waals surface area contributed by atoms with Crippen molar-refractivity contribution in [3.05, 3.63) is 101 Å². The summed E-state index contributed by atoms with van der Waals surface area (Å²) in [5, 5.41) is 11.9. The maximum absolute atomic E-state index is 12.9. The summed E-state index contributed by atoms with van der Waals surface area (Å²) in [5.74, 6) is 0.941. The van der Waals surface area contributed by atoms with Crippen molar-refractivity contribution in [3.63, 3.8) is 0 Å². The Kier molecular flexibility index (Phi) is 5.77. The van der Waals surface area contributed by atoms with Gasteiger partial charge in [-0.2, -0.15) is 0 Å². The van der Waals surface area contributed by atoms with E-state index < -0.39 is 6.04 Å². The number of methoxy groups -OCH3 is 1. The average Bonchev–Trinajstić information content (AvgIpc) is 3.29. The molecule has 0 aliphatic rings. The third-order valence-electron chi connectivity index (χ3n) is 4.52. The molecule has 0 bridgehead atoms. The first kappa shape index (κ1) is 19.7. The smallest absolute Gasteiger partial charge is 0.252 e. The van der Waals surface area contributed by atoms with Gasteiger partial charge in [0.05, 0.1) is 7.11 Å². The van der Waals surface area contributed by atoms with Crippen LogP contribution >= 0.6 is 11.6 Å². The predicted molar refractivity (Wildman–Crippen MR) is 113 cm³/mol. The molecular formula is C23H18ClN3O3. The van der Waals surface area contributed by atoms with Crippen molar-refractivity contribution in [3.8, 4) is 17.2 Å². The molecule has 4 aromatic rings. The highest BCUT2D eigenvalue weighted by molar-refractivity contribution is 6.30. The van der Waals surface area contributed by atoms with Gasteiger partial charge >= 0.3 is 0 Å². The van der Waals surface area contributed by atoms with Crippen LogP contribution in [-0.4, -0.2) is 23.2 Å². The van der Waals surface area contributed by atoms with E-state index in [-0.39, 0.29) is 11.8 Å². The summed E-state index contributed by atoms with van der Waals surface area (Å²) in [4.78, 5) is 12.9. The Morgan fingerprint density at radius 2 is 1.77 bits per heavy atom. The molecule has 4 rings (SSSR count). The fourth-order valence-electron chi connectivity index (χ4n) is 2.97. The van der Waals surface area contributed by atoms with E-state index in [2.05, 4.69) is 15.5 Å².